The molecule has 0 spiro atoms. The van der Waals surface area contributed by atoms with Gasteiger partial charge in [-0.15, -0.1) is 11.3 Å². The lowest BCUT2D eigenvalue weighted by Crippen LogP contribution is -2.27. The highest BCUT2D eigenvalue weighted by Gasteiger charge is 2.15. The summed E-state index contributed by atoms with van der Waals surface area (Å²) >= 11 is 1.08. The van der Waals surface area contributed by atoms with Crippen molar-refractivity contribution in [3.8, 4) is 10.4 Å². The molecule has 3 rings (SSSR count). The molecule has 1 amide bonds. The largest absolute Gasteiger partial charge is 0.477 e. The van der Waals surface area contributed by atoms with Gasteiger partial charge in [0.2, 0.25) is 0 Å². The molecule has 136 valence electrons. The van der Waals surface area contributed by atoms with Gasteiger partial charge in [0, 0.05) is 20.9 Å². The minimum absolute atomic E-state index is 0.0878. The summed E-state index contributed by atoms with van der Waals surface area (Å²) in [6.07, 6.45) is 1.27. The van der Waals surface area contributed by atoms with Crippen molar-refractivity contribution in [3.63, 3.8) is 0 Å². The van der Waals surface area contributed by atoms with Crippen LogP contribution in [0.15, 0.2) is 66.4 Å². The molecule has 3 aromatic rings. The summed E-state index contributed by atoms with van der Waals surface area (Å²) in [5, 5.41) is 11.7. The van der Waals surface area contributed by atoms with Gasteiger partial charge in [0.05, 0.1) is 0 Å². The van der Waals surface area contributed by atoms with Crippen LogP contribution >= 0.6 is 11.3 Å². The zero-order valence-electron chi connectivity index (χ0n) is 13.8. The second kappa shape index (κ2) is 7.92. The average molecular weight is 385 g/mol. The molecule has 27 heavy (non-hydrogen) atoms. The van der Waals surface area contributed by atoms with Gasteiger partial charge in [-0.25, -0.2) is 13.6 Å². The maximum atomic E-state index is 13.9. The van der Waals surface area contributed by atoms with Crippen LogP contribution in [0.25, 0.3) is 16.5 Å². The van der Waals surface area contributed by atoms with E-state index in [0.717, 1.165) is 29.5 Å². The van der Waals surface area contributed by atoms with E-state index >= 15 is 0 Å². The zero-order chi connectivity index (χ0) is 19.4. The van der Waals surface area contributed by atoms with E-state index in [0.29, 0.717) is 15.3 Å². The molecule has 0 saturated carbocycles. The van der Waals surface area contributed by atoms with Crippen molar-refractivity contribution in [2.24, 2.45) is 0 Å². The number of hydrogen-bond donors (Lipinski definition) is 2. The van der Waals surface area contributed by atoms with Crippen LogP contribution in [-0.4, -0.2) is 17.0 Å². The molecule has 7 heteroatoms. The normalized spacial score (nSPS) is 11.3. The van der Waals surface area contributed by atoms with Crippen molar-refractivity contribution in [2.75, 3.05) is 0 Å². The fourth-order valence-electron chi connectivity index (χ4n) is 2.34. The Bertz CT molecular complexity index is 1030. The number of aliphatic carboxylic acids is 1. The van der Waals surface area contributed by atoms with Crippen LogP contribution in [0.2, 0.25) is 0 Å². The third-order valence-corrected chi connectivity index (χ3v) is 4.69. The smallest absolute Gasteiger partial charge is 0.352 e. The number of carboxylic acids is 1. The molecule has 0 saturated heterocycles. The summed E-state index contributed by atoms with van der Waals surface area (Å²) in [4.78, 5) is 24.5. The van der Waals surface area contributed by atoms with Gasteiger partial charge in [0.15, 0.2) is 0 Å². The van der Waals surface area contributed by atoms with Crippen molar-refractivity contribution in [2.45, 2.75) is 0 Å². The van der Waals surface area contributed by atoms with Crippen LogP contribution in [0.3, 0.4) is 0 Å². The first-order chi connectivity index (χ1) is 12.9. The summed E-state index contributed by atoms with van der Waals surface area (Å²) in [6.45, 7) is 0. The summed E-state index contributed by atoms with van der Waals surface area (Å²) < 4.78 is 27.2. The second-order valence-electron chi connectivity index (χ2n) is 5.51. The van der Waals surface area contributed by atoms with E-state index in [9.17, 15) is 23.5 Å². The molecule has 0 bridgehead atoms. The minimum atomic E-state index is -1.31. The molecule has 0 aliphatic carbocycles. The van der Waals surface area contributed by atoms with Gasteiger partial charge >= 0.3 is 5.97 Å². The maximum Gasteiger partial charge on any atom is 0.352 e. The third-order valence-electron chi connectivity index (χ3n) is 3.62. The Kier molecular flexibility index (Phi) is 5.42. The Hall–Kier alpha value is -3.32. The Labute approximate surface area is 157 Å². The van der Waals surface area contributed by atoms with Crippen molar-refractivity contribution in [3.05, 3.63) is 88.4 Å². The maximum absolute atomic E-state index is 13.9. The lowest BCUT2D eigenvalue weighted by molar-refractivity contribution is -0.132. The number of benzene rings is 2. The number of hydrogen-bond acceptors (Lipinski definition) is 3. The average Bonchev–Trinajstić information content (AvgIpc) is 3.12. The van der Waals surface area contributed by atoms with Gasteiger partial charge in [0.25, 0.3) is 5.91 Å². The highest BCUT2D eigenvalue weighted by Crippen LogP contribution is 2.31. The van der Waals surface area contributed by atoms with Crippen LogP contribution in [0, 0.1) is 11.6 Å². The monoisotopic (exact) mass is 385 g/mol. The number of carbonyl (C=O) groups excluding carboxylic acids is 1. The number of carboxylic acid groups (broad SMARTS) is 1. The Morgan fingerprint density at radius 2 is 1.74 bits per heavy atom. The fraction of sp³-hybridized carbons (Fsp3) is 0. The molecule has 0 atom stereocenters. The van der Waals surface area contributed by atoms with E-state index in [1.165, 1.54) is 6.08 Å². The first-order valence-electron chi connectivity index (χ1n) is 7.80. The number of halogens is 2. The van der Waals surface area contributed by atoms with Crippen LogP contribution in [0.4, 0.5) is 8.78 Å². The Morgan fingerprint density at radius 3 is 2.44 bits per heavy atom. The van der Waals surface area contributed by atoms with E-state index in [2.05, 4.69) is 5.32 Å². The Morgan fingerprint density at radius 1 is 1.00 bits per heavy atom. The minimum Gasteiger partial charge on any atom is -0.477 e. The fourth-order valence-corrected chi connectivity index (χ4v) is 3.31. The van der Waals surface area contributed by atoms with E-state index < -0.39 is 23.5 Å². The van der Waals surface area contributed by atoms with E-state index in [-0.39, 0.29) is 11.3 Å². The van der Waals surface area contributed by atoms with Crippen LogP contribution in [0.1, 0.15) is 15.2 Å². The number of amides is 1. The Balaban J connectivity index is 1.87. The molecule has 0 aliphatic rings. The van der Waals surface area contributed by atoms with Crippen LogP contribution in [-0.2, 0) is 4.79 Å². The van der Waals surface area contributed by atoms with E-state index in [1.54, 1.807) is 42.5 Å². The summed E-state index contributed by atoms with van der Waals surface area (Å²) in [7, 11) is 0. The summed E-state index contributed by atoms with van der Waals surface area (Å²) in [6, 6.07) is 14.5. The zero-order valence-corrected chi connectivity index (χ0v) is 14.6. The topological polar surface area (TPSA) is 66.4 Å². The van der Waals surface area contributed by atoms with Gasteiger partial charge in [-0.1, -0.05) is 18.2 Å². The highest BCUT2D eigenvalue weighted by atomic mass is 32.1. The quantitative estimate of drug-likeness (QED) is 0.634. The first-order valence-corrected chi connectivity index (χ1v) is 8.62. The van der Waals surface area contributed by atoms with Crippen molar-refractivity contribution in [1.29, 1.82) is 0 Å². The first kappa shape index (κ1) is 18.5. The van der Waals surface area contributed by atoms with Crippen LogP contribution in [0.5, 0.6) is 0 Å². The molecule has 0 aliphatic heterocycles. The van der Waals surface area contributed by atoms with Crippen LogP contribution < -0.4 is 5.32 Å². The molecular weight excluding hydrogens is 372 g/mol. The van der Waals surface area contributed by atoms with E-state index in [1.807, 2.05) is 0 Å². The molecule has 0 radical (unpaired) electrons. The summed E-state index contributed by atoms with van der Waals surface area (Å²) in [5.74, 6) is -3.02. The molecule has 4 nitrogen and oxygen atoms in total. The number of rotatable bonds is 5. The number of carbonyl (C=O) groups is 2. The van der Waals surface area contributed by atoms with Crippen molar-refractivity contribution >= 4 is 29.3 Å². The predicted octanol–water partition coefficient (Wildman–Crippen LogP) is 4.55. The number of thiophene rings is 1. The molecule has 2 N–H and O–H groups in total. The lowest BCUT2D eigenvalue weighted by Gasteiger charge is -2.05. The standard InChI is InChI=1S/C20H13F2NO3S/c21-13-6-8-16(22)15(10-13)18-9-7-14(27-18)11-17(20(25)26)23-19(24)12-4-2-1-3-5-12/h1-11H,(H,23,24)(H,25,26)/b17-11+. The van der Waals surface area contributed by atoms with Gasteiger partial charge in [-0.2, -0.15) is 0 Å². The SMILES string of the molecule is O=C(O)/C(=C\c1ccc(-c2cc(F)ccc2F)s1)NC(=O)c1ccccc1. The number of nitrogens with one attached hydrogen (secondary N) is 1. The lowest BCUT2D eigenvalue weighted by atomic mass is 10.1. The summed E-state index contributed by atoms with van der Waals surface area (Å²) in [5.41, 5.74) is 0.0835. The van der Waals surface area contributed by atoms with Crippen molar-refractivity contribution < 1.29 is 23.5 Å². The van der Waals surface area contributed by atoms with Crippen molar-refractivity contribution in [1.82, 2.24) is 5.32 Å². The van der Waals surface area contributed by atoms with Gasteiger partial charge in [-0.3, -0.25) is 4.79 Å². The molecular formula is C20H13F2NO3S. The van der Waals surface area contributed by atoms with Gasteiger partial charge in [0.1, 0.15) is 17.3 Å². The molecule has 2 aromatic carbocycles. The second-order valence-corrected chi connectivity index (χ2v) is 6.62. The predicted molar refractivity (Wildman–Crippen MR) is 99.2 cm³/mol. The molecule has 0 unspecified atom stereocenters. The highest BCUT2D eigenvalue weighted by molar-refractivity contribution is 7.16. The van der Waals surface area contributed by atoms with Gasteiger partial charge < -0.3 is 10.4 Å². The molecule has 1 heterocycles. The molecule has 0 fully saturated rings. The van der Waals surface area contributed by atoms with Gasteiger partial charge in [-0.05, 0) is 48.5 Å². The third kappa shape index (κ3) is 4.45. The van der Waals surface area contributed by atoms with E-state index in [4.69, 9.17) is 0 Å². The molecule has 1 aromatic heterocycles.